The first-order valence-electron chi connectivity index (χ1n) is 13.6. The van der Waals surface area contributed by atoms with E-state index in [-0.39, 0.29) is 6.07 Å². The van der Waals surface area contributed by atoms with E-state index in [4.69, 9.17) is 4.74 Å². The number of esters is 1. The zero-order valence-corrected chi connectivity index (χ0v) is 26.8. The molecule has 0 fully saturated rings. The fourth-order valence-electron chi connectivity index (χ4n) is 6.10. The number of fused-ring (bicyclic) bond motifs is 6. The second-order valence-corrected chi connectivity index (χ2v) is 17.3. The molecule has 0 saturated heterocycles. The molecule has 3 aromatic rings. The van der Waals surface area contributed by atoms with Gasteiger partial charge in [0, 0.05) is 27.8 Å². The van der Waals surface area contributed by atoms with Gasteiger partial charge in [-0.25, -0.2) is 22.4 Å². The van der Waals surface area contributed by atoms with Crippen molar-refractivity contribution in [1.82, 2.24) is 4.90 Å². The van der Waals surface area contributed by atoms with Crippen LogP contribution in [0.5, 0.6) is 5.75 Å². The number of ether oxygens (including phenoxy) is 1. The van der Waals surface area contributed by atoms with Crippen molar-refractivity contribution in [2.24, 2.45) is 0 Å². The minimum absolute atomic E-state index is 0.283. The topological polar surface area (TPSA) is 165 Å². The molecule has 2 heterocycles. The Morgan fingerprint density at radius 2 is 1.43 bits per heavy atom. The lowest BCUT2D eigenvalue weighted by Crippen LogP contribution is -2.65. The number of carboxylic acids is 2. The molecule has 0 aromatic heterocycles. The summed E-state index contributed by atoms with van der Waals surface area (Å²) in [4.78, 5) is 49.8. The summed E-state index contributed by atoms with van der Waals surface area (Å²) in [5, 5.41) is 17.1. The van der Waals surface area contributed by atoms with Crippen LogP contribution in [0.4, 0.5) is 30.7 Å². The van der Waals surface area contributed by atoms with E-state index in [1.165, 1.54) is 13.1 Å². The summed E-state index contributed by atoms with van der Waals surface area (Å²) in [7, 11) is -10.8. The SMILES string of the molecule is Cc1c(F)cc2c(c1F)[Si](C)(C)c1c(cc(F)c(OS(=O)(=O)C(F)(F)F)c1F)C21OC(=O)c2ccc(C(=O)N(CC(=O)O)CC(=O)O)cc21. The number of aliphatic carboxylic acids is 2. The lowest BCUT2D eigenvalue weighted by atomic mass is 9.78. The highest BCUT2D eigenvalue weighted by molar-refractivity contribution is 7.88. The highest BCUT2D eigenvalue weighted by Crippen LogP contribution is 2.51. The maximum absolute atomic E-state index is 16.4. The van der Waals surface area contributed by atoms with E-state index in [0.29, 0.717) is 11.0 Å². The van der Waals surface area contributed by atoms with Crippen LogP contribution in [-0.4, -0.2) is 74.0 Å². The smallest absolute Gasteiger partial charge is 0.480 e. The molecule has 5 rings (SSSR count). The standard InChI is InChI=1S/C29H20F7NO10SSi/c1-11-17(30)7-15-24(21(11)32)49(2,3)25-16(8-18(31)23(22(25)33)47-48(44,45)29(34,35)36)28(15)14-6-12(4-5-13(14)27(43)46-28)26(42)37(9-19(38)39)10-20(40)41/h4-8H,9-10H2,1-3H3,(H,38,39)(H,40,41). The number of carbonyl (C=O) groups is 4. The molecule has 1 atom stereocenters. The van der Waals surface area contributed by atoms with Crippen LogP contribution in [0.15, 0.2) is 30.3 Å². The zero-order chi connectivity index (χ0) is 36.8. The Kier molecular flexibility index (Phi) is 8.14. The molecule has 1 spiro atoms. The van der Waals surface area contributed by atoms with Gasteiger partial charge in [-0.2, -0.15) is 21.6 Å². The molecule has 260 valence electrons. The quantitative estimate of drug-likeness (QED) is 0.121. The molecule has 2 aliphatic rings. The van der Waals surface area contributed by atoms with E-state index in [1.807, 2.05) is 0 Å². The Hall–Kier alpha value is -4.98. The van der Waals surface area contributed by atoms with E-state index < -0.39 is 139 Å². The summed E-state index contributed by atoms with van der Waals surface area (Å²) >= 11 is 0. The van der Waals surface area contributed by atoms with Gasteiger partial charge >= 0.3 is 33.5 Å². The molecule has 11 nitrogen and oxygen atoms in total. The third-order valence-electron chi connectivity index (χ3n) is 8.16. The first-order valence-corrected chi connectivity index (χ1v) is 18.0. The number of alkyl halides is 3. The number of hydrogen-bond acceptors (Lipinski definition) is 8. The van der Waals surface area contributed by atoms with Crippen LogP contribution in [0.3, 0.4) is 0 Å². The van der Waals surface area contributed by atoms with E-state index in [1.54, 1.807) is 0 Å². The molecule has 0 aliphatic carbocycles. The maximum Gasteiger partial charge on any atom is 0.534 e. The second-order valence-electron chi connectivity index (χ2n) is 11.5. The van der Waals surface area contributed by atoms with Gasteiger partial charge in [-0.05, 0) is 47.6 Å². The summed E-state index contributed by atoms with van der Waals surface area (Å²) in [5.74, 6) is -14.4. The molecule has 20 heteroatoms. The zero-order valence-electron chi connectivity index (χ0n) is 25.0. The molecular formula is C29H20F7NO10SSi. The van der Waals surface area contributed by atoms with Crippen molar-refractivity contribution in [3.8, 4) is 5.75 Å². The molecule has 3 aromatic carbocycles. The molecule has 1 amide bonds. The van der Waals surface area contributed by atoms with Gasteiger partial charge in [0.15, 0.2) is 17.2 Å². The fraction of sp³-hybridized carbons (Fsp3) is 0.241. The maximum atomic E-state index is 16.4. The van der Waals surface area contributed by atoms with Gasteiger partial charge in [0.25, 0.3) is 5.91 Å². The van der Waals surface area contributed by atoms with Crippen LogP contribution in [0, 0.1) is 30.2 Å². The van der Waals surface area contributed by atoms with Crippen molar-refractivity contribution in [1.29, 1.82) is 0 Å². The number of benzene rings is 3. The van der Waals surface area contributed by atoms with Gasteiger partial charge in [-0.15, -0.1) is 0 Å². The second kappa shape index (κ2) is 11.3. The number of carbonyl (C=O) groups excluding carboxylic acids is 2. The van der Waals surface area contributed by atoms with Crippen molar-refractivity contribution in [2.45, 2.75) is 31.1 Å². The number of halogens is 7. The fourth-order valence-corrected chi connectivity index (χ4v) is 10.1. The van der Waals surface area contributed by atoms with Crippen molar-refractivity contribution in [3.05, 3.63) is 87.0 Å². The van der Waals surface area contributed by atoms with Gasteiger partial charge in [0.2, 0.25) is 5.75 Å². The van der Waals surface area contributed by atoms with E-state index >= 15 is 17.6 Å². The highest BCUT2D eigenvalue weighted by atomic mass is 32.2. The van der Waals surface area contributed by atoms with Gasteiger partial charge < -0.3 is 24.0 Å². The number of carboxylic acid groups (broad SMARTS) is 2. The molecule has 0 saturated carbocycles. The minimum Gasteiger partial charge on any atom is -0.480 e. The number of hydrogen-bond donors (Lipinski definition) is 2. The van der Waals surface area contributed by atoms with Crippen LogP contribution in [0.2, 0.25) is 13.1 Å². The third kappa shape index (κ3) is 5.29. The normalized spacial score (nSPS) is 17.6. The predicted molar refractivity (Wildman–Crippen MR) is 153 cm³/mol. The molecular weight excluding hydrogens is 715 g/mol. The van der Waals surface area contributed by atoms with Crippen LogP contribution in [0.1, 0.15) is 43.0 Å². The van der Waals surface area contributed by atoms with Gasteiger partial charge in [0.1, 0.15) is 32.8 Å². The van der Waals surface area contributed by atoms with Crippen LogP contribution in [0.25, 0.3) is 0 Å². The summed E-state index contributed by atoms with van der Waals surface area (Å²) in [6.07, 6.45) is 0. The average Bonchev–Trinajstić information content (AvgIpc) is 3.26. The number of amides is 1. The first kappa shape index (κ1) is 35.3. The number of nitrogens with zero attached hydrogens (tertiary/aromatic N) is 1. The monoisotopic (exact) mass is 735 g/mol. The van der Waals surface area contributed by atoms with Gasteiger partial charge in [0.05, 0.1) is 5.56 Å². The minimum atomic E-state index is -6.67. The Morgan fingerprint density at radius 3 is 1.96 bits per heavy atom. The Bertz CT molecular complexity index is 2120. The van der Waals surface area contributed by atoms with E-state index in [9.17, 15) is 51.0 Å². The Morgan fingerprint density at radius 1 is 0.898 bits per heavy atom. The largest absolute Gasteiger partial charge is 0.534 e. The highest BCUT2D eigenvalue weighted by Gasteiger charge is 2.60. The van der Waals surface area contributed by atoms with Crippen LogP contribution in [-0.2, 0) is 30.0 Å². The van der Waals surface area contributed by atoms with E-state index in [2.05, 4.69) is 4.18 Å². The molecule has 0 bridgehead atoms. The Labute approximate surface area is 271 Å². The van der Waals surface area contributed by atoms with E-state index in [0.717, 1.165) is 25.1 Å². The summed E-state index contributed by atoms with van der Waals surface area (Å²) in [5.41, 5.74) is -12.2. The molecule has 1 unspecified atom stereocenters. The van der Waals surface area contributed by atoms with Crippen molar-refractivity contribution in [2.75, 3.05) is 13.1 Å². The predicted octanol–water partition coefficient (Wildman–Crippen LogP) is 2.99. The van der Waals surface area contributed by atoms with Crippen LogP contribution >= 0.6 is 0 Å². The lowest BCUT2D eigenvalue weighted by molar-refractivity contribution is -0.140. The lowest BCUT2D eigenvalue weighted by Gasteiger charge is -2.44. The van der Waals surface area contributed by atoms with Gasteiger partial charge in [-0.1, -0.05) is 13.1 Å². The summed E-state index contributed by atoms with van der Waals surface area (Å²) in [6, 6.07) is 3.73. The first-order chi connectivity index (χ1) is 22.5. The van der Waals surface area contributed by atoms with Crippen molar-refractivity contribution >= 4 is 52.4 Å². The van der Waals surface area contributed by atoms with Crippen molar-refractivity contribution in [3.63, 3.8) is 0 Å². The van der Waals surface area contributed by atoms with Crippen LogP contribution < -0.4 is 14.6 Å². The number of rotatable bonds is 7. The molecule has 49 heavy (non-hydrogen) atoms. The molecule has 2 aliphatic heterocycles. The molecule has 0 radical (unpaired) electrons. The van der Waals surface area contributed by atoms with Gasteiger partial charge in [-0.3, -0.25) is 14.4 Å². The third-order valence-corrected chi connectivity index (χ3v) is 12.6. The summed E-state index contributed by atoms with van der Waals surface area (Å²) in [6.45, 7) is 1.18. The average molecular weight is 736 g/mol. The summed E-state index contributed by atoms with van der Waals surface area (Å²) < 4.78 is 136. The van der Waals surface area contributed by atoms with Crippen molar-refractivity contribution < 1.29 is 77.5 Å². The Balaban J connectivity index is 1.89. The molecule has 2 N–H and O–H groups in total.